The summed E-state index contributed by atoms with van der Waals surface area (Å²) < 4.78 is 0. The van der Waals surface area contributed by atoms with Gasteiger partial charge in [0.1, 0.15) is 11.6 Å². The number of hydrogen-bond acceptors (Lipinski definition) is 6. The van der Waals surface area contributed by atoms with Crippen molar-refractivity contribution in [1.82, 2.24) is 19.8 Å². The van der Waals surface area contributed by atoms with Crippen LogP contribution in [0.4, 0.5) is 5.82 Å². The Bertz CT molecular complexity index is 426. The number of rotatable bonds is 5. The van der Waals surface area contributed by atoms with Crippen molar-refractivity contribution in [3.05, 3.63) is 17.6 Å². The number of aromatic nitrogens is 2. The Kier molecular flexibility index (Phi) is 5.28. The van der Waals surface area contributed by atoms with Gasteiger partial charge in [0.05, 0.1) is 6.54 Å². The zero-order valence-corrected chi connectivity index (χ0v) is 12.8. The third-order valence-electron chi connectivity index (χ3n) is 3.74. The number of hydrazine groups is 1. The van der Waals surface area contributed by atoms with Crippen LogP contribution in [0.25, 0.3) is 0 Å². The van der Waals surface area contributed by atoms with E-state index in [2.05, 4.69) is 39.3 Å². The maximum Gasteiger partial charge on any atom is 0.145 e. The standard InChI is InChI=1S/C14H26N6/c1-11-8-13(18-15)17-14(16-11)10-20-6-4-12(5-7-20)9-19(2)3/h8,12H,4-7,9-10,15H2,1-3H3,(H,16,17,18). The van der Waals surface area contributed by atoms with Gasteiger partial charge in [-0.2, -0.15) is 0 Å². The number of aryl methyl sites for hydroxylation is 1. The normalized spacial score (nSPS) is 17.6. The van der Waals surface area contributed by atoms with E-state index in [-0.39, 0.29) is 0 Å². The molecule has 20 heavy (non-hydrogen) atoms. The van der Waals surface area contributed by atoms with Gasteiger partial charge >= 0.3 is 0 Å². The first-order chi connectivity index (χ1) is 9.56. The number of nitrogens with one attached hydrogen (secondary N) is 1. The van der Waals surface area contributed by atoms with Crippen molar-refractivity contribution in [1.29, 1.82) is 0 Å². The smallest absolute Gasteiger partial charge is 0.145 e. The Balaban J connectivity index is 1.87. The minimum absolute atomic E-state index is 0.690. The maximum atomic E-state index is 5.43. The van der Waals surface area contributed by atoms with E-state index in [0.29, 0.717) is 5.82 Å². The summed E-state index contributed by atoms with van der Waals surface area (Å²) in [6.07, 6.45) is 2.51. The highest BCUT2D eigenvalue weighted by atomic mass is 15.3. The molecule has 6 nitrogen and oxygen atoms in total. The Morgan fingerprint density at radius 3 is 2.65 bits per heavy atom. The highest BCUT2D eigenvalue weighted by Gasteiger charge is 2.20. The first-order valence-electron chi connectivity index (χ1n) is 7.25. The zero-order valence-electron chi connectivity index (χ0n) is 12.8. The molecule has 0 bridgehead atoms. The van der Waals surface area contributed by atoms with Crippen molar-refractivity contribution >= 4 is 5.82 Å². The molecule has 2 heterocycles. The Hall–Kier alpha value is -1.24. The molecule has 0 radical (unpaired) electrons. The minimum atomic E-state index is 0.690. The fraction of sp³-hybridized carbons (Fsp3) is 0.714. The van der Waals surface area contributed by atoms with Crippen LogP contribution < -0.4 is 11.3 Å². The molecule has 0 saturated carbocycles. The first kappa shape index (κ1) is 15.2. The van der Waals surface area contributed by atoms with Gasteiger partial charge in [-0.25, -0.2) is 15.8 Å². The molecule has 1 aliphatic heterocycles. The molecule has 0 atom stereocenters. The molecule has 1 fully saturated rings. The molecule has 1 aromatic heterocycles. The van der Waals surface area contributed by atoms with Crippen LogP contribution in [0.2, 0.25) is 0 Å². The van der Waals surface area contributed by atoms with Crippen molar-refractivity contribution in [3.8, 4) is 0 Å². The number of nitrogens with zero attached hydrogens (tertiary/aromatic N) is 4. The molecular formula is C14H26N6. The number of nitrogen functional groups attached to an aromatic ring is 1. The lowest BCUT2D eigenvalue weighted by Crippen LogP contribution is -2.37. The van der Waals surface area contributed by atoms with Gasteiger partial charge < -0.3 is 10.3 Å². The predicted octanol–water partition coefficient (Wildman–Crippen LogP) is 0.844. The third-order valence-corrected chi connectivity index (χ3v) is 3.74. The largest absolute Gasteiger partial charge is 0.309 e. The van der Waals surface area contributed by atoms with Crippen LogP contribution in [0.3, 0.4) is 0 Å². The second kappa shape index (κ2) is 6.97. The zero-order chi connectivity index (χ0) is 14.5. The van der Waals surface area contributed by atoms with Crippen LogP contribution in [-0.2, 0) is 6.54 Å². The maximum absolute atomic E-state index is 5.43. The SMILES string of the molecule is Cc1cc(NN)nc(CN2CCC(CN(C)C)CC2)n1. The molecule has 1 saturated heterocycles. The van der Waals surface area contributed by atoms with E-state index in [0.717, 1.165) is 37.1 Å². The number of piperidine rings is 1. The van der Waals surface area contributed by atoms with Crippen LogP contribution in [0.5, 0.6) is 0 Å². The summed E-state index contributed by atoms with van der Waals surface area (Å²) in [5.41, 5.74) is 3.55. The molecule has 0 amide bonds. The van der Waals surface area contributed by atoms with E-state index < -0.39 is 0 Å². The van der Waals surface area contributed by atoms with Gasteiger partial charge in [-0.05, 0) is 52.9 Å². The van der Waals surface area contributed by atoms with Crippen LogP contribution >= 0.6 is 0 Å². The summed E-state index contributed by atoms with van der Waals surface area (Å²) in [5.74, 6) is 7.79. The van der Waals surface area contributed by atoms with Gasteiger partial charge in [-0.15, -0.1) is 0 Å². The fourth-order valence-corrected chi connectivity index (χ4v) is 2.82. The molecule has 0 spiro atoms. The Morgan fingerprint density at radius 2 is 2.05 bits per heavy atom. The van der Waals surface area contributed by atoms with E-state index in [1.165, 1.54) is 19.4 Å². The van der Waals surface area contributed by atoms with Gasteiger partial charge in [0.25, 0.3) is 0 Å². The van der Waals surface area contributed by atoms with E-state index in [1.807, 2.05) is 13.0 Å². The van der Waals surface area contributed by atoms with Crippen LogP contribution in [0.1, 0.15) is 24.4 Å². The van der Waals surface area contributed by atoms with Crippen molar-refractivity contribution in [3.63, 3.8) is 0 Å². The van der Waals surface area contributed by atoms with Gasteiger partial charge in [0, 0.05) is 18.3 Å². The second-order valence-corrected chi connectivity index (χ2v) is 5.94. The van der Waals surface area contributed by atoms with Gasteiger partial charge in [0.15, 0.2) is 0 Å². The first-order valence-corrected chi connectivity index (χ1v) is 7.25. The van der Waals surface area contributed by atoms with Crippen molar-refractivity contribution in [2.24, 2.45) is 11.8 Å². The summed E-state index contributed by atoms with van der Waals surface area (Å²) >= 11 is 0. The van der Waals surface area contributed by atoms with E-state index in [4.69, 9.17) is 5.84 Å². The molecular weight excluding hydrogens is 252 g/mol. The number of hydrogen-bond donors (Lipinski definition) is 2. The Labute approximate surface area is 121 Å². The molecule has 6 heteroatoms. The lowest BCUT2D eigenvalue weighted by Gasteiger charge is -2.32. The molecule has 1 aliphatic rings. The van der Waals surface area contributed by atoms with Gasteiger partial charge in [-0.3, -0.25) is 4.90 Å². The number of anilines is 1. The van der Waals surface area contributed by atoms with Gasteiger partial charge in [0.2, 0.25) is 0 Å². The van der Waals surface area contributed by atoms with Crippen LogP contribution in [-0.4, -0.2) is 53.5 Å². The monoisotopic (exact) mass is 278 g/mol. The van der Waals surface area contributed by atoms with E-state index in [9.17, 15) is 0 Å². The summed E-state index contributed by atoms with van der Waals surface area (Å²) in [6, 6.07) is 1.85. The second-order valence-electron chi connectivity index (χ2n) is 5.94. The average molecular weight is 278 g/mol. The molecule has 2 rings (SSSR count). The molecule has 1 aromatic rings. The Morgan fingerprint density at radius 1 is 1.35 bits per heavy atom. The highest BCUT2D eigenvalue weighted by molar-refractivity contribution is 5.33. The van der Waals surface area contributed by atoms with Crippen molar-refractivity contribution in [2.45, 2.75) is 26.3 Å². The highest BCUT2D eigenvalue weighted by Crippen LogP contribution is 2.19. The van der Waals surface area contributed by atoms with E-state index in [1.54, 1.807) is 0 Å². The lowest BCUT2D eigenvalue weighted by molar-refractivity contribution is 0.154. The molecule has 0 aliphatic carbocycles. The molecule has 0 aromatic carbocycles. The van der Waals surface area contributed by atoms with Crippen LogP contribution in [0.15, 0.2) is 6.07 Å². The molecule has 112 valence electrons. The average Bonchev–Trinajstić information content (AvgIpc) is 2.39. The van der Waals surface area contributed by atoms with E-state index >= 15 is 0 Å². The number of nitrogens with two attached hydrogens (primary N) is 1. The fourth-order valence-electron chi connectivity index (χ4n) is 2.82. The molecule has 0 unspecified atom stereocenters. The minimum Gasteiger partial charge on any atom is -0.309 e. The topological polar surface area (TPSA) is 70.3 Å². The summed E-state index contributed by atoms with van der Waals surface area (Å²) in [5, 5.41) is 0. The van der Waals surface area contributed by atoms with Gasteiger partial charge in [-0.1, -0.05) is 0 Å². The summed E-state index contributed by atoms with van der Waals surface area (Å²) in [6.45, 7) is 6.22. The summed E-state index contributed by atoms with van der Waals surface area (Å²) in [7, 11) is 4.29. The molecule has 3 N–H and O–H groups in total. The number of likely N-dealkylation sites (tertiary alicyclic amines) is 1. The quantitative estimate of drug-likeness (QED) is 0.614. The predicted molar refractivity (Wildman–Crippen MR) is 81.1 cm³/mol. The lowest BCUT2D eigenvalue weighted by atomic mass is 9.96. The third kappa shape index (κ3) is 4.40. The van der Waals surface area contributed by atoms with Crippen molar-refractivity contribution < 1.29 is 0 Å². The summed E-state index contributed by atoms with van der Waals surface area (Å²) in [4.78, 5) is 13.6. The van der Waals surface area contributed by atoms with Crippen molar-refractivity contribution in [2.75, 3.05) is 39.2 Å². The van der Waals surface area contributed by atoms with Crippen LogP contribution in [0, 0.1) is 12.8 Å².